The third-order valence-electron chi connectivity index (χ3n) is 2.64. The fourth-order valence-electron chi connectivity index (χ4n) is 1.89. The lowest BCUT2D eigenvalue weighted by molar-refractivity contribution is -0.132. The van der Waals surface area contributed by atoms with Crippen LogP contribution in [0.15, 0.2) is 0 Å². The summed E-state index contributed by atoms with van der Waals surface area (Å²) in [4.78, 5) is 13.1. The topological polar surface area (TPSA) is 64.3 Å². The summed E-state index contributed by atoms with van der Waals surface area (Å²) in [5.74, 6) is 0.339. The van der Waals surface area contributed by atoms with Crippen molar-refractivity contribution in [1.82, 2.24) is 4.90 Å². The Balaban J connectivity index is 2.40. The van der Waals surface area contributed by atoms with Crippen LogP contribution in [0.4, 0.5) is 0 Å². The first-order valence-electron chi connectivity index (χ1n) is 5.03. The predicted molar refractivity (Wildman–Crippen MR) is 51.2 cm³/mol. The highest BCUT2D eigenvalue weighted by molar-refractivity contribution is 5.78. The maximum Gasteiger partial charge on any atom is 0.236 e. The van der Waals surface area contributed by atoms with Gasteiger partial charge in [-0.15, -0.1) is 0 Å². The Kier molecular flexibility index (Phi) is 4.41. The van der Waals surface area contributed by atoms with Crippen molar-refractivity contribution in [2.45, 2.75) is 25.7 Å². The van der Waals surface area contributed by atoms with Crippen LogP contribution in [0.3, 0.4) is 0 Å². The zero-order valence-corrected chi connectivity index (χ0v) is 8.28. The summed E-state index contributed by atoms with van der Waals surface area (Å²) in [7, 11) is 0. The van der Waals surface area contributed by atoms with Crippen LogP contribution in [0.1, 0.15) is 25.7 Å². The van der Waals surface area contributed by atoms with Gasteiger partial charge in [0.2, 0.25) is 5.91 Å². The normalized spacial score (nSPS) is 21.7. The average Bonchev–Trinajstić information content (AvgIpc) is 2.19. The molecule has 0 bridgehead atoms. The van der Waals surface area contributed by atoms with E-state index in [1.807, 2.05) is 6.07 Å². The second-order valence-corrected chi connectivity index (χ2v) is 3.70. The van der Waals surface area contributed by atoms with Crippen LogP contribution in [0.2, 0.25) is 0 Å². The van der Waals surface area contributed by atoms with E-state index < -0.39 is 0 Å². The number of amides is 1. The first-order valence-corrected chi connectivity index (χ1v) is 5.03. The van der Waals surface area contributed by atoms with Crippen molar-refractivity contribution in [2.24, 2.45) is 5.92 Å². The van der Waals surface area contributed by atoms with E-state index >= 15 is 0 Å². The fourth-order valence-corrected chi connectivity index (χ4v) is 1.89. The van der Waals surface area contributed by atoms with E-state index in [9.17, 15) is 4.79 Å². The molecular formula is C10H16N2O2. The Hall–Kier alpha value is -1.08. The molecule has 0 aromatic rings. The van der Waals surface area contributed by atoms with Gasteiger partial charge in [-0.3, -0.25) is 4.79 Å². The van der Waals surface area contributed by atoms with Gasteiger partial charge in [0.25, 0.3) is 0 Å². The highest BCUT2D eigenvalue weighted by atomic mass is 16.3. The quantitative estimate of drug-likeness (QED) is 0.715. The molecule has 1 N–H and O–H groups in total. The molecule has 1 rings (SSSR count). The van der Waals surface area contributed by atoms with Crippen molar-refractivity contribution in [3.8, 4) is 6.07 Å². The van der Waals surface area contributed by atoms with Gasteiger partial charge in [0.1, 0.15) is 6.42 Å². The number of piperidine rings is 1. The van der Waals surface area contributed by atoms with Crippen molar-refractivity contribution in [3.05, 3.63) is 0 Å². The fraction of sp³-hybridized carbons (Fsp3) is 0.800. The summed E-state index contributed by atoms with van der Waals surface area (Å²) in [6.45, 7) is 1.66. The maximum atomic E-state index is 11.4. The third-order valence-corrected chi connectivity index (χ3v) is 2.64. The van der Waals surface area contributed by atoms with Crippen molar-refractivity contribution in [3.63, 3.8) is 0 Å². The molecule has 78 valence electrons. The van der Waals surface area contributed by atoms with E-state index in [0.717, 1.165) is 25.8 Å². The molecule has 1 saturated heterocycles. The Morgan fingerprint density at radius 2 is 2.43 bits per heavy atom. The molecule has 1 amide bonds. The molecule has 14 heavy (non-hydrogen) atoms. The summed E-state index contributed by atoms with van der Waals surface area (Å²) in [6.07, 6.45) is 2.81. The number of nitrogens with zero attached hydrogens (tertiary/aromatic N) is 2. The molecule has 1 atom stereocenters. The smallest absolute Gasteiger partial charge is 0.236 e. The van der Waals surface area contributed by atoms with Crippen LogP contribution in [0.25, 0.3) is 0 Å². The highest BCUT2D eigenvalue weighted by Crippen LogP contribution is 2.19. The Morgan fingerprint density at radius 3 is 3.07 bits per heavy atom. The lowest BCUT2D eigenvalue weighted by Gasteiger charge is -2.32. The summed E-state index contributed by atoms with van der Waals surface area (Å²) in [6, 6.07) is 1.87. The molecule has 4 nitrogen and oxygen atoms in total. The molecule has 0 aromatic carbocycles. The van der Waals surface area contributed by atoms with Gasteiger partial charge in [-0.1, -0.05) is 0 Å². The van der Waals surface area contributed by atoms with E-state index in [4.69, 9.17) is 10.4 Å². The second kappa shape index (κ2) is 5.61. The Labute approximate surface area is 84.1 Å². The van der Waals surface area contributed by atoms with Gasteiger partial charge in [-0.2, -0.15) is 5.26 Å². The molecule has 1 fully saturated rings. The molecule has 0 radical (unpaired) electrons. The molecule has 0 aliphatic carbocycles. The first kappa shape index (κ1) is 11.0. The van der Waals surface area contributed by atoms with Crippen LogP contribution in [-0.4, -0.2) is 35.6 Å². The molecule has 0 saturated carbocycles. The summed E-state index contributed by atoms with van der Waals surface area (Å²) < 4.78 is 0. The Morgan fingerprint density at radius 1 is 1.64 bits per heavy atom. The lowest BCUT2D eigenvalue weighted by atomic mass is 9.95. The minimum atomic E-state index is -0.0739. The van der Waals surface area contributed by atoms with Crippen LogP contribution >= 0.6 is 0 Å². The number of carbonyl (C=O) groups is 1. The van der Waals surface area contributed by atoms with E-state index in [-0.39, 0.29) is 18.9 Å². The molecule has 1 aliphatic heterocycles. The van der Waals surface area contributed by atoms with Gasteiger partial charge in [-0.05, 0) is 25.2 Å². The minimum Gasteiger partial charge on any atom is -0.396 e. The van der Waals surface area contributed by atoms with E-state index in [2.05, 4.69) is 0 Å². The van der Waals surface area contributed by atoms with E-state index in [1.54, 1.807) is 4.90 Å². The number of carbonyl (C=O) groups excluding carboxylic acids is 1. The Bertz CT molecular complexity index is 233. The largest absolute Gasteiger partial charge is 0.396 e. The van der Waals surface area contributed by atoms with E-state index in [1.165, 1.54) is 0 Å². The van der Waals surface area contributed by atoms with Crippen molar-refractivity contribution < 1.29 is 9.90 Å². The van der Waals surface area contributed by atoms with Gasteiger partial charge in [0.05, 0.1) is 6.07 Å². The number of likely N-dealkylation sites (tertiary alicyclic amines) is 1. The maximum absolute atomic E-state index is 11.4. The number of rotatable bonds is 3. The van der Waals surface area contributed by atoms with Crippen molar-refractivity contribution in [2.75, 3.05) is 19.7 Å². The number of hydrogen-bond donors (Lipinski definition) is 1. The number of aliphatic hydroxyl groups excluding tert-OH is 1. The summed E-state index contributed by atoms with van der Waals surface area (Å²) in [5, 5.41) is 17.2. The predicted octanol–water partition coefficient (Wildman–Crippen LogP) is 0.521. The van der Waals surface area contributed by atoms with Gasteiger partial charge in [0.15, 0.2) is 0 Å². The third kappa shape index (κ3) is 3.00. The van der Waals surface area contributed by atoms with E-state index in [0.29, 0.717) is 12.5 Å². The standard InChI is InChI=1S/C10H16N2O2/c11-5-3-10(14)12-6-1-2-9(8-12)4-7-13/h9,13H,1-4,6-8H2. The minimum absolute atomic E-state index is 0.0220. The summed E-state index contributed by atoms with van der Waals surface area (Å²) >= 11 is 0. The number of hydrogen-bond acceptors (Lipinski definition) is 3. The second-order valence-electron chi connectivity index (χ2n) is 3.70. The van der Waals surface area contributed by atoms with Crippen molar-refractivity contribution >= 4 is 5.91 Å². The SMILES string of the molecule is N#CCC(=O)N1CCCC(CCO)C1. The van der Waals surface area contributed by atoms with Crippen LogP contribution in [0, 0.1) is 17.2 Å². The molecule has 1 heterocycles. The van der Waals surface area contributed by atoms with Gasteiger partial charge in [0, 0.05) is 19.7 Å². The van der Waals surface area contributed by atoms with Crippen LogP contribution < -0.4 is 0 Å². The lowest BCUT2D eigenvalue weighted by Crippen LogP contribution is -2.39. The molecular weight excluding hydrogens is 180 g/mol. The van der Waals surface area contributed by atoms with Gasteiger partial charge >= 0.3 is 0 Å². The molecule has 0 aromatic heterocycles. The van der Waals surface area contributed by atoms with Crippen LogP contribution in [0.5, 0.6) is 0 Å². The molecule has 1 aliphatic rings. The number of nitriles is 1. The van der Waals surface area contributed by atoms with Gasteiger partial charge in [-0.25, -0.2) is 0 Å². The monoisotopic (exact) mass is 196 g/mol. The average molecular weight is 196 g/mol. The zero-order valence-electron chi connectivity index (χ0n) is 8.28. The summed E-state index contributed by atoms with van der Waals surface area (Å²) in [5.41, 5.74) is 0. The van der Waals surface area contributed by atoms with Crippen LogP contribution in [-0.2, 0) is 4.79 Å². The zero-order chi connectivity index (χ0) is 10.4. The molecule has 0 spiro atoms. The van der Waals surface area contributed by atoms with Crippen molar-refractivity contribution in [1.29, 1.82) is 5.26 Å². The highest BCUT2D eigenvalue weighted by Gasteiger charge is 2.22. The first-order chi connectivity index (χ1) is 6.77. The number of aliphatic hydroxyl groups is 1. The van der Waals surface area contributed by atoms with Gasteiger partial charge < -0.3 is 10.0 Å². The molecule has 4 heteroatoms. The molecule has 1 unspecified atom stereocenters.